The third kappa shape index (κ3) is 4.01. The second-order valence-electron chi connectivity index (χ2n) is 6.57. The number of nitrogens with one attached hydrogen (secondary N) is 2. The van der Waals surface area contributed by atoms with Crippen LogP contribution in [0.1, 0.15) is 36.9 Å². The number of carbonyl (C=O) groups is 1. The fourth-order valence-electron chi connectivity index (χ4n) is 2.86. The molecule has 0 radical (unpaired) electrons. The maximum atomic E-state index is 13.6. The van der Waals surface area contributed by atoms with Gasteiger partial charge in [0.25, 0.3) is 0 Å². The largest absolute Gasteiger partial charge is 0.325 e. The van der Waals surface area contributed by atoms with Gasteiger partial charge in [-0.25, -0.2) is 4.39 Å². The Morgan fingerprint density at radius 1 is 1.17 bits per heavy atom. The third-order valence-electron chi connectivity index (χ3n) is 4.51. The van der Waals surface area contributed by atoms with Gasteiger partial charge in [0.15, 0.2) is 0 Å². The Morgan fingerprint density at radius 2 is 1.88 bits per heavy atom. The van der Waals surface area contributed by atoms with Gasteiger partial charge in [-0.15, -0.1) is 0 Å². The summed E-state index contributed by atoms with van der Waals surface area (Å²) in [5.74, 6) is 0.118. The van der Waals surface area contributed by atoms with Gasteiger partial charge in [-0.05, 0) is 55.9 Å². The number of benzene rings is 2. The van der Waals surface area contributed by atoms with Gasteiger partial charge in [-0.1, -0.05) is 36.4 Å². The van der Waals surface area contributed by atoms with Crippen LogP contribution in [0.2, 0.25) is 0 Å². The summed E-state index contributed by atoms with van der Waals surface area (Å²) in [5, 5.41) is 6.22. The summed E-state index contributed by atoms with van der Waals surface area (Å²) < 4.78 is 13.6. The molecule has 24 heavy (non-hydrogen) atoms. The summed E-state index contributed by atoms with van der Waals surface area (Å²) in [6.45, 7) is 3.55. The molecule has 126 valence electrons. The fourth-order valence-corrected chi connectivity index (χ4v) is 2.86. The van der Waals surface area contributed by atoms with Crippen molar-refractivity contribution in [1.29, 1.82) is 0 Å². The molecule has 3 nitrogen and oxygen atoms in total. The summed E-state index contributed by atoms with van der Waals surface area (Å²) >= 11 is 0. The van der Waals surface area contributed by atoms with Gasteiger partial charge in [-0.2, -0.15) is 0 Å². The van der Waals surface area contributed by atoms with Crippen LogP contribution in [0, 0.1) is 18.7 Å². The molecule has 3 rings (SSSR count). The monoisotopic (exact) mass is 326 g/mol. The van der Waals surface area contributed by atoms with Crippen molar-refractivity contribution in [3.05, 3.63) is 65.5 Å². The van der Waals surface area contributed by atoms with Gasteiger partial charge in [-0.3, -0.25) is 10.1 Å². The minimum Gasteiger partial charge on any atom is -0.325 e. The van der Waals surface area contributed by atoms with Crippen molar-refractivity contribution in [3.63, 3.8) is 0 Å². The molecule has 0 unspecified atom stereocenters. The van der Waals surface area contributed by atoms with Crippen molar-refractivity contribution in [2.45, 2.75) is 38.8 Å². The van der Waals surface area contributed by atoms with E-state index in [0.29, 0.717) is 17.2 Å². The van der Waals surface area contributed by atoms with E-state index < -0.39 is 0 Å². The van der Waals surface area contributed by atoms with Crippen LogP contribution in [0.4, 0.5) is 10.1 Å². The Bertz CT molecular complexity index is 713. The molecule has 2 atom stereocenters. The topological polar surface area (TPSA) is 41.1 Å². The van der Waals surface area contributed by atoms with Crippen LogP contribution in [0.25, 0.3) is 0 Å². The van der Waals surface area contributed by atoms with Crippen molar-refractivity contribution in [2.24, 2.45) is 5.92 Å². The number of anilines is 1. The van der Waals surface area contributed by atoms with Crippen molar-refractivity contribution in [1.82, 2.24) is 5.32 Å². The highest BCUT2D eigenvalue weighted by molar-refractivity contribution is 5.94. The molecule has 1 aliphatic rings. The minimum atomic E-state index is -0.361. The average Bonchev–Trinajstić information content (AvgIpc) is 3.41. The summed E-state index contributed by atoms with van der Waals surface area (Å²) in [4.78, 5) is 12.4. The Hall–Kier alpha value is -2.20. The van der Waals surface area contributed by atoms with Crippen LogP contribution in [0.5, 0.6) is 0 Å². The van der Waals surface area contributed by atoms with Crippen LogP contribution in [-0.4, -0.2) is 11.9 Å². The number of carbonyl (C=O) groups excluding carboxylic acids is 1. The average molecular weight is 326 g/mol. The van der Waals surface area contributed by atoms with Crippen molar-refractivity contribution < 1.29 is 9.18 Å². The number of amides is 1. The van der Waals surface area contributed by atoms with Gasteiger partial charge < -0.3 is 5.32 Å². The Labute approximate surface area is 142 Å². The molecule has 4 heteroatoms. The zero-order valence-corrected chi connectivity index (χ0v) is 14.1. The molecule has 1 amide bonds. The van der Waals surface area contributed by atoms with E-state index in [4.69, 9.17) is 0 Å². The predicted molar refractivity (Wildman–Crippen MR) is 94.3 cm³/mol. The quantitative estimate of drug-likeness (QED) is 0.835. The fraction of sp³-hybridized carbons (Fsp3) is 0.350. The van der Waals surface area contributed by atoms with Gasteiger partial charge in [0.05, 0.1) is 6.04 Å². The lowest BCUT2D eigenvalue weighted by molar-refractivity contribution is -0.118. The summed E-state index contributed by atoms with van der Waals surface area (Å²) in [6.07, 6.45) is 2.37. The molecule has 0 spiro atoms. The van der Waals surface area contributed by atoms with Gasteiger partial charge in [0, 0.05) is 11.7 Å². The van der Waals surface area contributed by atoms with Gasteiger partial charge in [0.1, 0.15) is 5.82 Å². The molecule has 0 heterocycles. The third-order valence-corrected chi connectivity index (χ3v) is 4.51. The van der Waals surface area contributed by atoms with E-state index in [1.165, 1.54) is 24.5 Å². The van der Waals surface area contributed by atoms with E-state index >= 15 is 0 Å². The zero-order chi connectivity index (χ0) is 17.1. The lowest BCUT2D eigenvalue weighted by Crippen LogP contribution is -2.40. The lowest BCUT2D eigenvalue weighted by Gasteiger charge is -2.23. The normalized spacial score (nSPS) is 16.5. The molecule has 2 aromatic rings. The Balaban J connectivity index is 1.65. The molecule has 0 aliphatic heterocycles. The number of rotatable bonds is 6. The number of hydrogen-bond acceptors (Lipinski definition) is 2. The summed E-state index contributed by atoms with van der Waals surface area (Å²) in [5.41, 5.74) is 2.26. The maximum absolute atomic E-state index is 13.6. The molecule has 0 saturated heterocycles. The smallest absolute Gasteiger partial charge is 0.241 e. The standard InChI is InChI=1S/C20H23FN2O/c1-13-8-11-17(12-18(13)21)23-20(24)14(2)22-19(16-9-10-16)15-6-4-3-5-7-15/h3-8,11-12,14,16,19,22H,9-10H2,1-2H3,(H,23,24)/t14-,19-/m0/s1. The second kappa shape index (κ2) is 7.14. The second-order valence-corrected chi connectivity index (χ2v) is 6.57. The Morgan fingerprint density at radius 3 is 2.50 bits per heavy atom. The van der Waals surface area contributed by atoms with Crippen LogP contribution >= 0.6 is 0 Å². The number of halogens is 1. The van der Waals surface area contributed by atoms with Crippen LogP contribution in [0.15, 0.2) is 48.5 Å². The van der Waals surface area contributed by atoms with E-state index in [-0.39, 0.29) is 23.8 Å². The highest BCUT2D eigenvalue weighted by Gasteiger charge is 2.33. The highest BCUT2D eigenvalue weighted by atomic mass is 19.1. The zero-order valence-electron chi connectivity index (χ0n) is 14.1. The van der Waals surface area contributed by atoms with E-state index in [0.717, 1.165) is 0 Å². The van der Waals surface area contributed by atoms with Gasteiger partial charge in [0.2, 0.25) is 5.91 Å². The van der Waals surface area contributed by atoms with Crippen LogP contribution in [0.3, 0.4) is 0 Å². The highest BCUT2D eigenvalue weighted by Crippen LogP contribution is 2.41. The predicted octanol–water partition coefficient (Wildman–Crippen LogP) is 4.20. The van der Waals surface area contributed by atoms with Crippen molar-refractivity contribution in [2.75, 3.05) is 5.32 Å². The van der Waals surface area contributed by atoms with Crippen molar-refractivity contribution >= 4 is 11.6 Å². The molecule has 0 bridgehead atoms. The van der Waals surface area contributed by atoms with Crippen molar-refractivity contribution in [3.8, 4) is 0 Å². The Kier molecular flexibility index (Phi) is 4.95. The van der Waals surface area contributed by atoms with E-state index in [9.17, 15) is 9.18 Å². The molecule has 2 aromatic carbocycles. The molecule has 0 aromatic heterocycles. The summed E-state index contributed by atoms with van der Waals surface area (Å²) in [6, 6.07) is 14.8. The van der Waals surface area contributed by atoms with Crippen LogP contribution < -0.4 is 10.6 Å². The SMILES string of the molecule is Cc1ccc(NC(=O)[C@H](C)N[C@@H](c2ccccc2)C2CC2)cc1F. The van der Waals surface area contributed by atoms with Gasteiger partial charge >= 0.3 is 0 Å². The first kappa shape index (κ1) is 16.7. The first-order valence-corrected chi connectivity index (χ1v) is 8.42. The van der Waals surface area contributed by atoms with E-state index in [1.54, 1.807) is 19.1 Å². The molecule has 2 N–H and O–H groups in total. The maximum Gasteiger partial charge on any atom is 0.241 e. The van der Waals surface area contributed by atoms with E-state index in [1.807, 2.05) is 25.1 Å². The van der Waals surface area contributed by atoms with Crippen LogP contribution in [-0.2, 0) is 4.79 Å². The molecule has 1 aliphatic carbocycles. The van der Waals surface area contributed by atoms with E-state index in [2.05, 4.69) is 22.8 Å². The summed E-state index contributed by atoms with van der Waals surface area (Å²) in [7, 11) is 0. The minimum absolute atomic E-state index is 0.153. The number of hydrogen-bond donors (Lipinski definition) is 2. The first-order valence-electron chi connectivity index (χ1n) is 8.42. The lowest BCUT2D eigenvalue weighted by atomic mass is 10.0. The molecule has 1 saturated carbocycles. The molecular weight excluding hydrogens is 303 g/mol. The number of aryl methyl sites for hydroxylation is 1. The first-order chi connectivity index (χ1) is 11.5. The molecule has 1 fully saturated rings. The molecular formula is C20H23FN2O.